The highest BCUT2D eigenvalue weighted by Crippen LogP contribution is 2.19. The van der Waals surface area contributed by atoms with E-state index in [0.717, 1.165) is 0 Å². The zero-order valence-electron chi connectivity index (χ0n) is 11.1. The molecule has 0 aliphatic heterocycles. The van der Waals surface area contributed by atoms with Crippen LogP contribution in [0.3, 0.4) is 0 Å². The summed E-state index contributed by atoms with van der Waals surface area (Å²) in [6, 6.07) is 15.9. The van der Waals surface area contributed by atoms with Crippen molar-refractivity contribution < 1.29 is 13.9 Å². The van der Waals surface area contributed by atoms with Gasteiger partial charge in [-0.05, 0) is 36.4 Å². The van der Waals surface area contributed by atoms with E-state index in [1.54, 1.807) is 54.7 Å². The third-order valence-electron chi connectivity index (χ3n) is 2.84. The van der Waals surface area contributed by atoms with Crippen molar-refractivity contribution in [1.82, 2.24) is 10.2 Å². The molecule has 0 saturated heterocycles. The van der Waals surface area contributed by atoms with Crippen LogP contribution in [0.25, 0.3) is 11.5 Å². The fourth-order valence-electron chi connectivity index (χ4n) is 1.82. The average Bonchev–Trinajstić information content (AvgIpc) is 3.03. The SMILES string of the molecule is O=C(OCc1ccc(-c2cccnn2)o1)c1ccccc1. The van der Waals surface area contributed by atoms with Gasteiger partial charge in [-0.25, -0.2) is 4.79 Å². The van der Waals surface area contributed by atoms with Gasteiger partial charge in [0.05, 0.1) is 5.56 Å². The standard InChI is InChI=1S/C16H12N2O3/c19-16(12-5-2-1-3-6-12)20-11-13-8-9-15(21-13)14-7-4-10-17-18-14/h1-10H,11H2. The van der Waals surface area contributed by atoms with Crippen molar-refractivity contribution in [1.29, 1.82) is 0 Å². The van der Waals surface area contributed by atoms with E-state index in [9.17, 15) is 4.79 Å². The van der Waals surface area contributed by atoms with Crippen LogP contribution in [0.2, 0.25) is 0 Å². The molecule has 5 heteroatoms. The van der Waals surface area contributed by atoms with Gasteiger partial charge in [-0.15, -0.1) is 5.10 Å². The van der Waals surface area contributed by atoms with E-state index >= 15 is 0 Å². The number of rotatable bonds is 4. The largest absolute Gasteiger partial charge is 0.456 e. The molecule has 0 unspecified atom stereocenters. The normalized spacial score (nSPS) is 10.3. The monoisotopic (exact) mass is 280 g/mol. The van der Waals surface area contributed by atoms with E-state index in [1.165, 1.54) is 0 Å². The van der Waals surface area contributed by atoms with Crippen LogP contribution in [-0.4, -0.2) is 16.2 Å². The van der Waals surface area contributed by atoms with E-state index in [0.29, 0.717) is 22.8 Å². The first-order valence-electron chi connectivity index (χ1n) is 6.42. The Morgan fingerprint density at radius 1 is 1.05 bits per heavy atom. The number of furan rings is 1. The second-order valence-electron chi connectivity index (χ2n) is 4.32. The maximum absolute atomic E-state index is 11.8. The topological polar surface area (TPSA) is 65.2 Å². The summed E-state index contributed by atoms with van der Waals surface area (Å²) in [4.78, 5) is 11.8. The van der Waals surface area contributed by atoms with Gasteiger partial charge in [0.1, 0.15) is 18.1 Å². The molecule has 0 amide bonds. The molecule has 0 aliphatic rings. The second kappa shape index (κ2) is 6.00. The van der Waals surface area contributed by atoms with Gasteiger partial charge in [0.15, 0.2) is 5.76 Å². The van der Waals surface area contributed by atoms with Gasteiger partial charge in [0, 0.05) is 6.20 Å². The van der Waals surface area contributed by atoms with Crippen LogP contribution < -0.4 is 0 Å². The minimum absolute atomic E-state index is 0.0774. The van der Waals surface area contributed by atoms with Gasteiger partial charge >= 0.3 is 5.97 Å². The minimum atomic E-state index is -0.381. The Balaban J connectivity index is 1.64. The molecular weight excluding hydrogens is 268 g/mol. The summed E-state index contributed by atoms with van der Waals surface area (Å²) >= 11 is 0. The lowest BCUT2D eigenvalue weighted by Crippen LogP contribution is -2.04. The summed E-state index contributed by atoms with van der Waals surface area (Å²) in [5, 5.41) is 7.74. The smallest absolute Gasteiger partial charge is 0.338 e. The van der Waals surface area contributed by atoms with Gasteiger partial charge in [-0.3, -0.25) is 0 Å². The molecule has 0 aliphatic carbocycles. The molecule has 3 aromatic rings. The minimum Gasteiger partial charge on any atom is -0.456 e. The van der Waals surface area contributed by atoms with E-state index in [-0.39, 0.29) is 12.6 Å². The number of hydrogen-bond acceptors (Lipinski definition) is 5. The van der Waals surface area contributed by atoms with E-state index < -0.39 is 0 Å². The number of carbonyl (C=O) groups is 1. The summed E-state index contributed by atoms with van der Waals surface area (Å²) in [6.45, 7) is 0.0774. The third kappa shape index (κ3) is 3.14. The molecule has 0 atom stereocenters. The van der Waals surface area contributed by atoms with Gasteiger partial charge in [0.25, 0.3) is 0 Å². The summed E-state index contributed by atoms with van der Waals surface area (Å²) in [5.41, 5.74) is 1.15. The molecule has 5 nitrogen and oxygen atoms in total. The van der Waals surface area contributed by atoms with E-state index in [2.05, 4.69) is 10.2 Å². The predicted octanol–water partition coefficient (Wildman–Crippen LogP) is 3.09. The van der Waals surface area contributed by atoms with Crippen LogP contribution >= 0.6 is 0 Å². The van der Waals surface area contributed by atoms with Gasteiger partial charge in [-0.1, -0.05) is 18.2 Å². The molecule has 0 saturated carbocycles. The van der Waals surface area contributed by atoms with E-state index in [4.69, 9.17) is 9.15 Å². The highest BCUT2D eigenvalue weighted by atomic mass is 16.5. The molecule has 3 rings (SSSR count). The van der Waals surface area contributed by atoms with Crippen LogP contribution in [-0.2, 0) is 11.3 Å². The molecule has 1 aromatic carbocycles. The number of carbonyl (C=O) groups excluding carboxylic acids is 1. The van der Waals surface area contributed by atoms with Crippen molar-refractivity contribution in [3.63, 3.8) is 0 Å². The number of nitrogens with zero attached hydrogens (tertiary/aromatic N) is 2. The molecule has 2 aromatic heterocycles. The van der Waals surface area contributed by atoms with Gasteiger partial charge < -0.3 is 9.15 Å². The summed E-state index contributed by atoms with van der Waals surface area (Å²) in [6.07, 6.45) is 1.59. The molecule has 0 bridgehead atoms. The van der Waals surface area contributed by atoms with Crippen LogP contribution in [0, 0.1) is 0 Å². The number of aromatic nitrogens is 2. The fourth-order valence-corrected chi connectivity index (χ4v) is 1.82. The van der Waals surface area contributed by atoms with Gasteiger partial charge in [-0.2, -0.15) is 5.10 Å². The van der Waals surface area contributed by atoms with E-state index in [1.807, 2.05) is 6.07 Å². The average molecular weight is 280 g/mol. The maximum Gasteiger partial charge on any atom is 0.338 e. The molecule has 0 spiro atoms. The number of ether oxygens (including phenoxy) is 1. The quantitative estimate of drug-likeness (QED) is 0.687. The first-order valence-corrected chi connectivity index (χ1v) is 6.42. The maximum atomic E-state index is 11.8. The Labute approximate surface area is 121 Å². The Hall–Kier alpha value is -2.95. The number of esters is 1. The number of hydrogen-bond donors (Lipinski definition) is 0. The lowest BCUT2D eigenvalue weighted by molar-refractivity contribution is 0.0446. The third-order valence-corrected chi connectivity index (χ3v) is 2.84. The Bertz CT molecular complexity index is 724. The van der Waals surface area contributed by atoms with Gasteiger partial charge in [0.2, 0.25) is 0 Å². The van der Waals surface area contributed by atoms with Crippen LogP contribution in [0.15, 0.2) is 65.2 Å². The van der Waals surface area contributed by atoms with Crippen molar-refractivity contribution in [2.75, 3.05) is 0 Å². The Kier molecular flexibility index (Phi) is 3.73. The summed E-state index contributed by atoms with van der Waals surface area (Å²) < 4.78 is 10.8. The summed E-state index contributed by atoms with van der Waals surface area (Å²) in [7, 11) is 0. The lowest BCUT2D eigenvalue weighted by Gasteiger charge is -2.02. The Morgan fingerprint density at radius 3 is 2.67 bits per heavy atom. The van der Waals surface area contributed by atoms with Crippen molar-refractivity contribution in [2.24, 2.45) is 0 Å². The summed E-state index contributed by atoms with van der Waals surface area (Å²) in [5.74, 6) is 0.766. The molecule has 0 fully saturated rings. The zero-order chi connectivity index (χ0) is 14.5. The molecular formula is C16H12N2O3. The van der Waals surface area contributed by atoms with Crippen molar-refractivity contribution in [3.8, 4) is 11.5 Å². The molecule has 21 heavy (non-hydrogen) atoms. The van der Waals surface area contributed by atoms with Crippen molar-refractivity contribution in [2.45, 2.75) is 6.61 Å². The lowest BCUT2D eigenvalue weighted by atomic mass is 10.2. The van der Waals surface area contributed by atoms with Crippen LogP contribution in [0.1, 0.15) is 16.1 Å². The molecule has 104 valence electrons. The predicted molar refractivity (Wildman–Crippen MR) is 75.3 cm³/mol. The molecule has 2 heterocycles. The van der Waals surface area contributed by atoms with Crippen molar-refractivity contribution in [3.05, 3.63) is 72.1 Å². The second-order valence-corrected chi connectivity index (χ2v) is 4.32. The molecule has 0 radical (unpaired) electrons. The first kappa shape index (κ1) is 13.1. The van der Waals surface area contributed by atoms with Crippen molar-refractivity contribution >= 4 is 5.97 Å². The highest BCUT2D eigenvalue weighted by molar-refractivity contribution is 5.89. The molecule has 0 N–H and O–H groups in total. The highest BCUT2D eigenvalue weighted by Gasteiger charge is 2.10. The fraction of sp³-hybridized carbons (Fsp3) is 0.0625. The van der Waals surface area contributed by atoms with Crippen LogP contribution in [0.4, 0.5) is 0 Å². The zero-order valence-corrected chi connectivity index (χ0v) is 11.1. The number of benzene rings is 1. The Morgan fingerprint density at radius 2 is 1.90 bits per heavy atom. The van der Waals surface area contributed by atoms with Crippen LogP contribution in [0.5, 0.6) is 0 Å². The first-order chi connectivity index (χ1) is 10.3.